The molecule has 214 valence electrons. The maximum atomic E-state index is 12.6. The number of aryl methyl sites for hydroxylation is 2. The second kappa shape index (κ2) is 14.6. The minimum atomic E-state index is -0.165. The molecule has 4 aromatic rings. The van der Waals surface area contributed by atoms with Crippen LogP contribution < -0.4 is 20.1 Å². The molecule has 5 rings (SSSR count). The number of aromatic nitrogens is 4. The first-order chi connectivity index (χ1) is 20.1. The van der Waals surface area contributed by atoms with Gasteiger partial charge in [-0.25, -0.2) is 0 Å². The summed E-state index contributed by atoms with van der Waals surface area (Å²) in [6.45, 7) is 1.51. The molecule has 3 heterocycles. The van der Waals surface area contributed by atoms with Crippen molar-refractivity contribution in [2.75, 3.05) is 37.1 Å². The maximum Gasteiger partial charge on any atom is 0.230 e. The highest BCUT2D eigenvalue weighted by Crippen LogP contribution is 2.21. The van der Waals surface area contributed by atoms with Crippen molar-refractivity contribution in [1.29, 1.82) is 0 Å². The SMILES string of the molecule is O=C1Cc2cccc(c2)OCCOCCOc2cccc(c2)CC(=O)Nc2nnc(s2)CCCCc2nnc(s2)N1. The molecule has 0 atom stereocenters. The zero-order valence-electron chi connectivity index (χ0n) is 22.3. The van der Waals surface area contributed by atoms with Gasteiger partial charge >= 0.3 is 0 Å². The van der Waals surface area contributed by atoms with E-state index in [1.54, 1.807) is 0 Å². The van der Waals surface area contributed by atoms with E-state index < -0.39 is 0 Å². The fraction of sp³-hybridized carbons (Fsp3) is 0.357. The lowest BCUT2D eigenvalue weighted by Crippen LogP contribution is -2.15. The number of hydrogen-bond acceptors (Lipinski definition) is 11. The average molecular weight is 595 g/mol. The Labute approximate surface area is 245 Å². The summed E-state index contributed by atoms with van der Waals surface area (Å²) in [5, 5.41) is 25.0. The van der Waals surface area contributed by atoms with Gasteiger partial charge in [-0.3, -0.25) is 9.59 Å². The second-order valence-corrected chi connectivity index (χ2v) is 11.4. The molecule has 2 N–H and O–H groups in total. The van der Waals surface area contributed by atoms with Gasteiger partial charge in [-0.05, 0) is 48.2 Å². The zero-order valence-corrected chi connectivity index (χ0v) is 24.0. The Balaban J connectivity index is 1.21. The molecule has 0 spiro atoms. The van der Waals surface area contributed by atoms with Crippen LogP contribution in [0.25, 0.3) is 0 Å². The van der Waals surface area contributed by atoms with Gasteiger partial charge in [-0.1, -0.05) is 46.9 Å². The third kappa shape index (κ3) is 9.30. The van der Waals surface area contributed by atoms with Crippen molar-refractivity contribution in [3.8, 4) is 11.5 Å². The summed E-state index contributed by atoms with van der Waals surface area (Å²) in [6.07, 6.45) is 3.68. The van der Waals surface area contributed by atoms with E-state index in [9.17, 15) is 9.59 Å². The summed E-state index contributed by atoms with van der Waals surface area (Å²) in [6, 6.07) is 14.9. The van der Waals surface area contributed by atoms with Crippen LogP contribution in [0.5, 0.6) is 11.5 Å². The minimum Gasteiger partial charge on any atom is -0.491 e. The van der Waals surface area contributed by atoms with E-state index in [-0.39, 0.29) is 24.7 Å². The molecule has 0 fully saturated rings. The number of carbonyl (C=O) groups is 2. The molecule has 1 aliphatic heterocycles. The van der Waals surface area contributed by atoms with Crippen LogP contribution in [0.3, 0.4) is 0 Å². The molecule has 2 aromatic heterocycles. The summed E-state index contributed by atoms with van der Waals surface area (Å²) in [5.74, 6) is 1.01. The Morgan fingerprint density at radius 2 is 1.12 bits per heavy atom. The summed E-state index contributed by atoms with van der Waals surface area (Å²) in [7, 11) is 0. The Kier molecular flexibility index (Phi) is 10.2. The molecule has 0 saturated carbocycles. The van der Waals surface area contributed by atoms with Gasteiger partial charge in [0.15, 0.2) is 0 Å². The Bertz CT molecular complexity index is 1350. The zero-order chi connectivity index (χ0) is 28.3. The molecular weight excluding hydrogens is 564 g/mol. The van der Waals surface area contributed by atoms with E-state index in [1.165, 1.54) is 22.7 Å². The summed E-state index contributed by atoms with van der Waals surface area (Å²) < 4.78 is 17.2. The van der Waals surface area contributed by atoms with Gasteiger partial charge in [0, 0.05) is 12.8 Å². The number of benzene rings is 2. The summed E-state index contributed by atoms with van der Waals surface area (Å²) in [4.78, 5) is 25.1. The smallest absolute Gasteiger partial charge is 0.230 e. The molecule has 1 aliphatic rings. The maximum absolute atomic E-state index is 12.6. The van der Waals surface area contributed by atoms with Crippen molar-refractivity contribution in [3.63, 3.8) is 0 Å². The lowest BCUT2D eigenvalue weighted by molar-refractivity contribution is -0.116. The summed E-state index contributed by atoms with van der Waals surface area (Å²) in [5.41, 5.74) is 1.67. The van der Waals surface area contributed by atoms with Crippen LogP contribution in [0, 0.1) is 0 Å². The van der Waals surface area contributed by atoms with Crippen LogP contribution in [-0.4, -0.2) is 58.6 Å². The monoisotopic (exact) mass is 594 g/mol. The van der Waals surface area contributed by atoms with E-state index in [0.29, 0.717) is 48.2 Å². The first-order valence-electron chi connectivity index (χ1n) is 13.3. The van der Waals surface area contributed by atoms with Crippen molar-refractivity contribution in [1.82, 2.24) is 20.4 Å². The van der Waals surface area contributed by atoms with E-state index in [4.69, 9.17) is 14.2 Å². The lowest BCUT2D eigenvalue weighted by atomic mass is 10.1. The number of hydrogen-bond donors (Lipinski definition) is 2. The standard InChI is InChI=1S/C28H30N6O5S2/c35-23-17-19-5-3-7-21(15-19)38-13-11-37-12-14-39-22-8-4-6-20(16-22)18-24(36)30-28-34-32-26(41-28)10-2-1-9-25-31-33-27(29-23)40-25/h3-8,15-16H,1-2,9-14,17-18H2,(H,29,33,35)(H,30,34,36). The van der Waals surface area contributed by atoms with Crippen LogP contribution in [0.2, 0.25) is 0 Å². The predicted molar refractivity (Wildman–Crippen MR) is 156 cm³/mol. The topological polar surface area (TPSA) is 137 Å². The van der Waals surface area contributed by atoms with Crippen LogP contribution >= 0.6 is 22.7 Å². The highest BCUT2D eigenvalue weighted by atomic mass is 32.1. The number of anilines is 2. The average Bonchev–Trinajstić information content (AvgIpc) is 3.59. The van der Waals surface area contributed by atoms with Gasteiger partial charge in [0.1, 0.15) is 34.7 Å². The highest BCUT2D eigenvalue weighted by Gasteiger charge is 2.12. The van der Waals surface area contributed by atoms with Crippen LogP contribution in [0.15, 0.2) is 48.5 Å². The van der Waals surface area contributed by atoms with E-state index in [1.807, 2.05) is 48.5 Å². The number of ether oxygens (including phenoxy) is 3. The van der Waals surface area contributed by atoms with E-state index in [2.05, 4.69) is 31.0 Å². The number of nitrogens with one attached hydrogen (secondary N) is 2. The number of amides is 2. The normalized spacial score (nSPS) is 16.1. The molecule has 2 aromatic carbocycles. The molecule has 0 saturated heterocycles. The highest BCUT2D eigenvalue weighted by molar-refractivity contribution is 7.15. The number of nitrogens with zero attached hydrogens (tertiary/aromatic N) is 4. The Hall–Kier alpha value is -3.94. The van der Waals surface area contributed by atoms with Gasteiger partial charge < -0.3 is 24.8 Å². The minimum absolute atomic E-state index is 0.165. The van der Waals surface area contributed by atoms with Crippen LogP contribution in [-0.2, 0) is 40.0 Å². The molecule has 0 radical (unpaired) electrons. The lowest BCUT2D eigenvalue weighted by Gasteiger charge is -2.10. The van der Waals surface area contributed by atoms with E-state index >= 15 is 0 Å². The van der Waals surface area contributed by atoms with Gasteiger partial charge in [-0.15, -0.1) is 20.4 Å². The van der Waals surface area contributed by atoms with Gasteiger partial charge in [0.05, 0.1) is 26.1 Å². The number of fused-ring (bicyclic) bond motifs is 8. The van der Waals surface area contributed by atoms with Crippen molar-refractivity contribution in [2.24, 2.45) is 0 Å². The first kappa shape index (κ1) is 28.6. The first-order valence-corrected chi connectivity index (χ1v) is 15.0. The van der Waals surface area contributed by atoms with Crippen LogP contribution in [0.1, 0.15) is 34.0 Å². The van der Waals surface area contributed by atoms with Crippen molar-refractivity contribution in [3.05, 3.63) is 69.7 Å². The molecule has 13 heteroatoms. The molecular formula is C28H30N6O5S2. The van der Waals surface area contributed by atoms with Crippen LogP contribution in [0.4, 0.5) is 10.3 Å². The van der Waals surface area contributed by atoms with E-state index in [0.717, 1.165) is 46.8 Å². The Morgan fingerprint density at radius 1 is 0.634 bits per heavy atom. The van der Waals surface area contributed by atoms with Crippen molar-refractivity contribution in [2.45, 2.75) is 38.5 Å². The van der Waals surface area contributed by atoms with Gasteiger partial charge in [-0.2, -0.15) is 0 Å². The van der Waals surface area contributed by atoms with Crippen molar-refractivity contribution < 1.29 is 23.8 Å². The summed E-state index contributed by atoms with van der Waals surface area (Å²) >= 11 is 2.76. The van der Waals surface area contributed by atoms with Gasteiger partial charge in [0.25, 0.3) is 0 Å². The molecule has 2 amide bonds. The number of rotatable bonds is 0. The second-order valence-electron chi connectivity index (χ2n) is 9.26. The molecule has 11 nitrogen and oxygen atoms in total. The third-order valence-electron chi connectivity index (χ3n) is 5.98. The molecule has 0 aliphatic carbocycles. The molecule has 41 heavy (non-hydrogen) atoms. The molecule has 0 unspecified atom stereocenters. The van der Waals surface area contributed by atoms with Crippen molar-refractivity contribution >= 4 is 44.8 Å². The number of carbonyl (C=O) groups excluding carboxylic acids is 2. The predicted octanol–water partition coefficient (Wildman–Crippen LogP) is 4.11. The molecule has 8 bridgehead atoms. The van der Waals surface area contributed by atoms with Gasteiger partial charge in [0.2, 0.25) is 22.1 Å². The quantitative estimate of drug-likeness (QED) is 0.308. The largest absolute Gasteiger partial charge is 0.491 e. The Morgan fingerprint density at radius 3 is 1.61 bits per heavy atom. The third-order valence-corrected chi connectivity index (χ3v) is 7.77. The fourth-order valence-corrected chi connectivity index (χ4v) is 5.69. The fourth-order valence-electron chi connectivity index (χ4n) is 4.09.